The molecule has 0 saturated carbocycles. The van der Waals surface area contributed by atoms with Gasteiger partial charge < -0.3 is 5.32 Å². The van der Waals surface area contributed by atoms with Gasteiger partial charge in [-0.05, 0) is 28.4 Å². The topological polar surface area (TPSA) is 108 Å². The Bertz CT molecular complexity index is 977. The zero-order valence-corrected chi connectivity index (χ0v) is 15.6. The zero-order chi connectivity index (χ0) is 18.8. The van der Waals surface area contributed by atoms with E-state index in [2.05, 4.69) is 31.4 Å². The van der Waals surface area contributed by atoms with Gasteiger partial charge >= 0.3 is 5.69 Å². The minimum Gasteiger partial charge on any atom is -0.303 e. The molecule has 2 aromatic heterocycles. The van der Waals surface area contributed by atoms with Gasteiger partial charge in [-0.1, -0.05) is 29.8 Å². The van der Waals surface area contributed by atoms with Crippen molar-refractivity contribution in [3.63, 3.8) is 0 Å². The van der Waals surface area contributed by atoms with E-state index in [-0.39, 0.29) is 17.2 Å². The van der Waals surface area contributed by atoms with Crippen LogP contribution < -0.4 is 5.32 Å². The van der Waals surface area contributed by atoms with E-state index in [9.17, 15) is 14.9 Å². The Hall–Kier alpha value is -3.01. The molecule has 0 bridgehead atoms. The van der Waals surface area contributed by atoms with Crippen LogP contribution in [-0.4, -0.2) is 30.4 Å². The van der Waals surface area contributed by atoms with E-state index in [1.165, 1.54) is 12.6 Å². The van der Waals surface area contributed by atoms with Crippen molar-refractivity contribution in [3.05, 3.63) is 68.1 Å². The van der Waals surface area contributed by atoms with Crippen LogP contribution >= 0.6 is 15.9 Å². The summed E-state index contributed by atoms with van der Waals surface area (Å²) in [5, 5.41) is 21.7. The second kappa shape index (κ2) is 7.08. The van der Waals surface area contributed by atoms with Crippen molar-refractivity contribution in [2.45, 2.75) is 13.5 Å². The summed E-state index contributed by atoms with van der Waals surface area (Å²) in [5.41, 5.74) is 1.72. The normalized spacial score (nSPS) is 10.7. The summed E-state index contributed by atoms with van der Waals surface area (Å²) in [4.78, 5) is 22.8. The Labute approximate surface area is 156 Å². The summed E-state index contributed by atoms with van der Waals surface area (Å²) in [7, 11) is 1.47. The van der Waals surface area contributed by atoms with E-state index in [4.69, 9.17) is 0 Å². The maximum atomic E-state index is 12.4. The molecule has 3 aromatic rings. The second-order valence-electron chi connectivity index (χ2n) is 5.72. The number of hydrogen-bond donors (Lipinski definition) is 1. The summed E-state index contributed by atoms with van der Waals surface area (Å²) < 4.78 is 3.40. The predicted octanol–water partition coefficient (Wildman–Crippen LogP) is 2.90. The molecule has 0 spiro atoms. The minimum absolute atomic E-state index is 0.144. The lowest BCUT2D eigenvalue weighted by Crippen LogP contribution is -2.18. The first-order valence-corrected chi connectivity index (χ1v) is 8.40. The fourth-order valence-corrected chi connectivity index (χ4v) is 2.85. The highest BCUT2D eigenvalue weighted by atomic mass is 79.9. The van der Waals surface area contributed by atoms with Gasteiger partial charge in [0.2, 0.25) is 5.69 Å². The first kappa shape index (κ1) is 17.8. The fraction of sp³-hybridized carbons (Fsp3) is 0.188. The fourth-order valence-electron chi connectivity index (χ4n) is 2.43. The summed E-state index contributed by atoms with van der Waals surface area (Å²) in [6, 6.07) is 8.03. The van der Waals surface area contributed by atoms with Gasteiger partial charge in [-0.25, -0.2) is 0 Å². The van der Waals surface area contributed by atoms with Gasteiger partial charge in [0.15, 0.2) is 5.82 Å². The summed E-state index contributed by atoms with van der Waals surface area (Å²) in [6.07, 6.45) is 2.77. The molecule has 26 heavy (non-hydrogen) atoms. The third kappa shape index (κ3) is 3.64. The lowest BCUT2D eigenvalue weighted by molar-refractivity contribution is -0.385. The number of anilines is 1. The SMILES string of the molecule is Cc1ccc(Cn2cc(Br)c(NC(=O)c3c([N+](=O)[O-])cnn3C)n2)cc1. The van der Waals surface area contributed by atoms with Gasteiger partial charge in [0.05, 0.1) is 15.9 Å². The van der Waals surface area contributed by atoms with Crippen molar-refractivity contribution < 1.29 is 9.72 Å². The minimum atomic E-state index is -0.655. The van der Waals surface area contributed by atoms with E-state index in [1.807, 2.05) is 31.2 Å². The first-order chi connectivity index (χ1) is 12.3. The highest BCUT2D eigenvalue weighted by Gasteiger charge is 2.26. The van der Waals surface area contributed by atoms with Crippen LogP contribution in [0.3, 0.4) is 0 Å². The van der Waals surface area contributed by atoms with Crippen molar-refractivity contribution >= 4 is 33.3 Å². The molecule has 1 N–H and O–H groups in total. The first-order valence-electron chi connectivity index (χ1n) is 7.61. The van der Waals surface area contributed by atoms with Crippen LogP contribution in [0.15, 0.2) is 41.1 Å². The molecule has 1 amide bonds. The summed E-state index contributed by atoms with van der Waals surface area (Å²) >= 11 is 3.35. The molecule has 0 saturated heterocycles. The standard InChI is InChI=1S/C16H15BrN6O3/c1-10-3-5-11(6-4-10)8-22-9-12(17)15(20-22)19-16(24)14-13(23(25)26)7-18-21(14)2/h3-7,9H,8H2,1-2H3,(H,19,20,24). The monoisotopic (exact) mass is 418 g/mol. The number of halogens is 1. The van der Waals surface area contributed by atoms with Crippen molar-refractivity contribution in [2.75, 3.05) is 5.32 Å². The number of aromatic nitrogens is 4. The number of carbonyl (C=O) groups is 1. The van der Waals surface area contributed by atoms with Crippen molar-refractivity contribution in [3.8, 4) is 0 Å². The Morgan fingerprint density at radius 2 is 2.04 bits per heavy atom. The molecule has 1 aromatic carbocycles. The lowest BCUT2D eigenvalue weighted by atomic mass is 10.1. The largest absolute Gasteiger partial charge is 0.320 e. The number of nitrogens with one attached hydrogen (secondary N) is 1. The zero-order valence-electron chi connectivity index (χ0n) is 14.0. The highest BCUT2D eigenvalue weighted by Crippen LogP contribution is 2.23. The third-order valence-corrected chi connectivity index (χ3v) is 4.33. The molecule has 0 unspecified atom stereocenters. The molecular formula is C16H15BrN6O3. The van der Waals surface area contributed by atoms with Crippen LogP contribution in [0.25, 0.3) is 0 Å². The van der Waals surface area contributed by atoms with E-state index in [0.717, 1.165) is 16.4 Å². The molecular weight excluding hydrogens is 404 g/mol. The number of carbonyl (C=O) groups excluding carboxylic acids is 1. The molecule has 0 fully saturated rings. The molecule has 0 atom stereocenters. The van der Waals surface area contributed by atoms with Gasteiger partial charge in [0.1, 0.15) is 6.20 Å². The van der Waals surface area contributed by atoms with Crippen molar-refractivity contribution in [1.82, 2.24) is 19.6 Å². The average molecular weight is 419 g/mol. The van der Waals surface area contributed by atoms with E-state index >= 15 is 0 Å². The van der Waals surface area contributed by atoms with Crippen LogP contribution in [-0.2, 0) is 13.6 Å². The Morgan fingerprint density at radius 1 is 1.35 bits per heavy atom. The van der Waals surface area contributed by atoms with E-state index in [0.29, 0.717) is 11.0 Å². The average Bonchev–Trinajstić information content (AvgIpc) is 3.13. The van der Waals surface area contributed by atoms with Gasteiger partial charge in [-0.3, -0.25) is 24.3 Å². The van der Waals surface area contributed by atoms with Crippen molar-refractivity contribution in [2.24, 2.45) is 7.05 Å². The predicted molar refractivity (Wildman–Crippen MR) is 98.0 cm³/mol. The summed E-state index contributed by atoms with van der Waals surface area (Å²) in [5.74, 6) is -0.379. The van der Waals surface area contributed by atoms with Gasteiger partial charge in [-0.15, -0.1) is 0 Å². The van der Waals surface area contributed by atoms with Crippen LogP contribution in [0.4, 0.5) is 11.5 Å². The van der Waals surface area contributed by atoms with Gasteiger partial charge in [-0.2, -0.15) is 10.2 Å². The van der Waals surface area contributed by atoms with Crippen LogP contribution in [0, 0.1) is 17.0 Å². The van der Waals surface area contributed by atoms with E-state index in [1.54, 1.807) is 10.9 Å². The Balaban J connectivity index is 1.79. The smallest absolute Gasteiger partial charge is 0.303 e. The quantitative estimate of drug-likeness (QED) is 0.506. The number of nitro groups is 1. The molecule has 3 rings (SSSR count). The molecule has 0 aliphatic rings. The Morgan fingerprint density at radius 3 is 2.69 bits per heavy atom. The van der Waals surface area contributed by atoms with Gasteiger partial charge in [0.25, 0.3) is 5.91 Å². The molecule has 0 aliphatic heterocycles. The van der Waals surface area contributed by atoms with Crippen molar-refractivity contribution in [1.29, 1.82) is 0 Å². The second-order valence-corrected chi connectivity index (χ2v) is 6.58. The van der Waals surface area contributed by atoms with Crippen LogP contribution in [0.5, 0.6) is 0 Å². The van der Waals surface area contributed by atoms with Crippen LogP contribution in [0.1, 0.15) is 21.6 Å². The van der Waals surface area contributed by atoms with Gasteiger partial charge in [0, 0.05) is 13.2 Å². The number of amides is 1. The number of hydrogen-bond acceptors (Lipinski definition) is 5. The third-order valence-electron chi connectivity index (χ3n) is 3.75. The molecule has 10 heteroatoms. The molecule has 9 nitrogen and oxygen atoms in total. The lowest BCUT2D eigenvalue weighted by Gasteiger charge is -2.04. The summed E-state index contributed by atoms with van der Waals surface area (Å²) in [6.45, 7) is 2.54. The molecule has 0 radical (unpaired) electrons. The number of benzene rings is 1. The number of rotatable bonds is 5. The maximum absolute atomic E-state index is 12.4. The Kier molecular flexibility index (Phi) is 4.85. The maximum Gasteiger partial charge on any atom is 0.320 e. The molecule has 2 heterocycles. The highest BCUT2D eigenvalue weighted by molar-refractivity contribution is 9.10. The van der Waals surface area contributed by atoms with E-state index < -0.39 is 10.8 Å². The molecule has 134 valence electrons. The van der Waals surface area contributed by atoms with Crippen LogP contribution in [0.2, 0.25) is 0 Å². The number of aryl methyl sites for hydroxylation is 2. The molecule has 0 aliphatic carbocycles. The number of nitrogens with zero attached hydrogens (tertiary/aromatic N) is 5.